The standard InChI is InChI=1S/C9H13BrN4O3/c1-5(2-11)12-7(15)4-14-3-6(10)8(16)13-9(14)17/h3,5H,2,4,11H2,1H3,(H,12,15)(H,13,16,17)/t5-/m0/s1. The number of aromatic amines is 1. The minimum Gasteiger partial charge on any atom is -0.351 e. The van der Waals surface area contributed by atoms with Crippen molar-refractivity contribution in [2.24, 2.45) is 5.73 Å². The van der Waals surface area contributed by atoms with Crippen molar-refractivity contribution in [1.82, 2.24) is 14.9 Å². The molecule has 1 aromatic rings. The first-order valence-corrected chi connectivity index (χ1v) is 5.72. The normalized spacial score (nSPS) is 12.2. The van der Waals surface area contributed by atoms with E-state index in [0.717, 1.165) is 4.57 Å². The quantitative estimate of drug-likeness (QED) is 0.646. The SMILES string of the molecule is C[C@@H](CN)NC(=O)Cn1cc(Br)c(=O)[nH]c1=O. The number of nitrogens with two attached hydrogens (primary N) is 1. The molecule has 17 heavy (non-hydrogen) atoms. The molecule has 1 atom stereocenters. The van der Waals surface area contributed by atoms with Gasteiger partial charge >= 0.3 is 5.69 Å². The van der Waals surface area contributed by atoms with Gasteiger partial charge in [-0.3, -0.25) is 19.1 Å². The van der Waals surface area contributed by atoms with Crippen LogP contribution in [0.5, 0.6) is 0 Å². The Hall–Kier alpha value is -1.41. The summed E-state index contributed by atoms with van der Waals surface area (Å²) in [6.45, 7) is 1.90. The van der Waals surface area contributed by atoms with Gasteiger partial charge in [0.25, 0.3) is 5.56 Å². The van der Waals surface area contributed by atoms with Crippen LogP contribution >= 0.6 is 15.9 Å². The molecule has 0 radical (unpaired) electrons. The van der Waals surface area contributed by atoms with Crippen LogP contribution in [0.15, 0.2) is 20.3 Å². The summed E-state index contributed by atoms with van der Waals surface area (Å²) < 4.78 is 1.29. The number of aromatic nitrogens is 2. The van der Waals surface area contributed by atoms with Crippen LogP contribution in [0.4, 0.5) is 0 Å². The number of amides is 1. The molecular formula is C9H13BrN4O3. The van der Waals surface area contributed by atoms with E-state index in [9.17, 15) is 14.4 Å². The number of halogens is 1. The van der Waals surface area contributed by atoms with Crippen LogP contribution in [0.25, 0.3) is 0 Å². The molecule has 0 unspecified atom stereocenters. The summed E-state index contributed by atoms with van der Waals surface area (Å²) in [4.78, 5) is 36.0. The van der Waals surface area contributed by atoms with E-state index < -0.39 is 11.2 Å². The van der Waals surface area contributed by atoms with E-state index in [0.29, 0.717) is 6.54 Å². The van der Waals surface area contributed by atoms with Crippen LogP contribution in [0.2, 0.25) is 0 Å². The Morgan fingerprint density at radius 1 is 1.65 bits per heavy atom. The molecule has 94 valence electrons. The topological polar surface area (TPSA) is 110 Å². The third-order valence-electron chi connectivity index (χ3n) is 2.04. The Morgan fingerprint density at radius 3 is 2.88 bits per heavy atom. The summed E-state index contributed by atoms with van der Waals surface area (Å²) in [6.07, 6.45) is 1.27. The zero-order valence-corrected chi connectivity index (χ0v) is 10.8. The molecule has 1 aromatic heterocycles. The maximum atomic E-state index is 11.5. The van der Waals surface area contributed by atoms with E-state index in [1.165, 1.54) is 6.20 Å². The zero-order chi connectivity index (χ0) is 13.0. The van der Waals surface area contributed by atoms with Crippen LogP contribution in [0.3, 0.4) is 0 Å². The van der Waals surface area contributed by atoms with Gasteiger partial charge in [-0.2, -0.15) is 0 Å². The summed E-state index contributed by atoms with van der Waals surface area (Å²) in [5, 5.41) is 2.61. The van der Waals surface area contributed by atoms with Crippen molar-refractivity contribution in [3.8, 4) is 0 Å². The van der Waals surface area contributed by atoms with Crippen molar-refractivity contribution in [3.63, 3.8) is 0 Å². The number of rotatable bonds is 4. The molecule has 0 fully saturated rings. The molecule has 0 aromatic carbocycles. The van der Waals surface area contributed by atoms with Gasteiger partial charge in [0, 0.05) is 18.8 Å². The van der Waals surface area contributed by atoms with Crippen molar-refractivity contribution in [2.75, 3.05) is 6.54 Å². The van der Waals surface area contributed by atoms with Gasteiger partial charge in [0.2, 0.25) is 5.91 Å². The Labute approximate surface area is 105 Å². The fraction of sp³-hybridized carbons (Fsp3) is 0.444. The molecule has 0 saturated heterocycles. The first-order chi connectivity index (χ1) is 7.93. The Balaban J connectivity index is 2.82. The molecule has 8 heteroatoms. The lowest BCUT2D eigenvalue weighted by molar-refractivity contribution is -0.122. The molecule has 1 amide bonds. The molecule has 0 saturated carbocycles. The molecule has 4 N–H and O–H groups in total. The van der Waals surface area contributed by atoms with Gasteiger partial charge in [0.1, 0.15) is 6.54 Å². The number of nitrogens with zero attached hydrogens (tertiary/aromatic N) is 1. The van der Waals surface area contributed by atoms with E-state index in [-0.39, 0.29) is 23.0 Å². The lowest BCUT2D eigenvalue weighted by Gasteiger charge is -2.11. The van der Waals surface area contributed by atoms with Gasteiger partial charge in [-0.1, -0.05) is 0 Å². The number of H-pyrrole nitrogens is 1. The number of hydrogen-bond donors (Lipinski definition) is 3. The average molecular weight is 305 g/mol. The fourth-order valence-corrected chi connectivity index (χ4v) is 1.48. The van der Waals surface area contributed by atoms with Crippen molar-refractivity contribution >= 4 is 21.8 Å². The molecule has 0 aliphatic rings. The van der Waals surface area contributed by atoms with Gasteiger partial charge in [0.05, 0.1) is 4.47 Å². The molecule has 1 heterocycles. The highest BCUT2D eigenvalue weighted by molar-refractivity contribution is 9.10. The van der Waals surface area contributed by atoms with Crippen LogP contribution in [0.1, 0.15) is 6.92 Å². The smallest absolute Gasteiger partial charge is 0.328 e. The van der Waals surface area contributed by atoms with E-state index >= 15 is 0 Å². The number of carbonyl (C=O) groups excluding carboxylic acids is 1. The predicted molar refractivity (Wildman–Crippen MR) is 65.7 cm³/mol. The maximum Gasteiger partial charge on any atom is 0.328 e. The first kappa shape index (κ1) is 13.7. The second kappa shape index (κ2) is 5.78. The van der Waals surface area contributed by atoms with Crippen molar-refractivity contribution in [3.05, 3.63) is 31.5 Å². The summed E-state index contributed by atoms with van der Waals surface area (Å²) in [7, 11) is 0. The lowest BCUT2D eigenvalue weighted by atomic mass is 10.3. The second-order valence-electron chi connectivity index (χ2n) is 3.57. The van der Waals surface area contributed by atoms with Gasteiger partial charge in [-0.05, 0) is 22.9 Å². The number of carbonyl (C=O) groups is 1. The Kier molecular flexibility index (Phi) is 4.64. The maximum absolute atomic E-state index is 11.5. The molecule has 1 rings (SSSR count). The van der Waals surface area contributed by atoms with Crippen molar-refractivity contribution in [1.29, 1.82) is 0 Å². The van der Waals surface area contributed by atoms with E-state index in [4.69, 9.17) is 5.73 Å². The molecular weight excluding hydrogens is 292 g/mol. The van der Waals surface area contributed by atoms with Crippen LogP contribution in [-0.2, 0) is 11.3 Å². The minimum atomic E-state index is -0.631. The summed E-state index contributed by atoms with van der Waals surface area (Å²) in [5.41, 5.74) is 4.19. The van der Waals surface area contributed by atoms with Gasteiger partial charge in [-0.25, -0.2) is 4.79 Å². The van der Waals surface area contributed by atoms with Gasteiger partial charge < -0.3 is 11.1 Å². The highest BCUT2D eigenvalue weighted by Crippen LogP contribution is 1.97. The molecule has 0 aliphatic heterocycles. The average Bonchev–Trinajstić information content (AvgIpc) is 2.25. The molecule has 7 nitrogen and oxygen atoms in total. The largest absolute Gasteiger partial charge is 0.351 e. The molecule has 0 aliphatic carbocycles. The summed E-state index contributed by atoms with van der Waals surface area (Å²) >= 11 is 2.98. The first-order valence-electron chi connectivity index (χ1n) is 4.92. The minimum absolute atomic E-state index is 0.163. The highest BCUT2D eigenvalue weighted by atomic mass is 79.9. The third-order valence-corrected chi connectivity index (χ3v) is 2.61. The lowest BCUT2D eigenvalue weighted by Crippen LogP contribution is -2.42. The fourth-order valence-electron chi connectivity index (χ4n) is 1.13. The van der Waals surface area contributed by atoms with Crippen LogP contribution < -0.4 is 22.3 Å². The van der Waals surface area contributed by atoms with Crippen LogP contribution in [0, 0.1) is 0 Å². The zero-order valence-electron chi connectivity index (χ0n) is 9.20. The van der Waals surface area contributed by atoms with Gasteiger partial charge in [0.15, 0.2) is 0 Å². The summed E-state index contributed by atoms with van der Waals surface area (Å²) in [6, 6.07) is -0.163. The van der Waals surface area contributed by atoms with Crippen molar-refractivity contribution in [2.45, 2.75) is 19.5 Å². The predicted octanol–water partition coefficient (Wildman–Crippen LogP) is -1.24. The highest BCUT2D eigenvalue weighted by Gasteiger charge is 2.09. The number of hydrogen-bond acceptors (Lipinski definition) is 4. The third kappa shape index (κ3) is 3.82. The second-order valence-corrected chi connectivity index (χ2v) is 4.42. The Morgan fingerprint density at radius 2 is 2.29 bits per heavy atom. The summed E-state index contributed by atoms with van der Waals surface area (Å²) in [5.74, 6) is -0.344. The molecule has 0 bridgehead atoms. The van der Waals surface area contributed by atoms with Crippen LogP contribution in [-0.4, -0.2) is 28.0 Å². The van der Waals surface area contributed by atoms with Crippen molar-refractivity contribution < 1.29 is 4.79 Å². The molecule has 0 spiro atoms. The van der Waals surface area contributed by atoms with Gasteiger partial charge in [-0.15, -0.1) is 0 Å². The van der Waals surface area contributed by atoms with E-state index in [1.54, 1.807) is 6.92 Å². The van der Waals surface area contributed by atoms with E-state index in [1.807, 2.05) is 0 Å². The Bertz CT molecular complexity index is 522. The monoisotopic (exact) mass is 304 g/mol. The van der Waals surface area contributed by atoms with E-state index in [2.05, 4.69) is 26.2 Å². The number of nitrogens with one attached hydrogen (secondary N) is 2.